The summed E-state index contributed by atoms with van der Waals surface area (Å²) in [6.45, 7) is 1.31. The smallest absolute Gasteiger partial charge is 0.230 e. The molecule has 1 saturated heterocycles. The van der Waals surface area contributed by atoms with Crippen molar-refractivity contribution >= 4 is 29.3 Å². The molecule has 31 heavy (non-hydrogen) atoms. The fourth-order valence-corrected chi connectivity index (χ4v) is 4.31. The molecule has 3 aromatic rings. The van der Waals surface area contributed by atoms with Gasteiger partial charge in [0.2, 0.25) is 5.91 Å². The van der Waals surface area contributed by atoms with Crippen molar-refractivity contribution in [1.82, 2.24) is 20.1 Å². The summed E-state index contributed by atoms with van der Waals surface area (Å²) in [6, 6.07) is 15.0. The van der Waals surface area contributed by atoms with Crippen molar-refractivity contribution in [3.05, 3.63) is 53.6 Å². The largest absolute Gasteiger partial charge is 0.496 e. The molecule has 0 spiro atoms. The standard InChI is InChI=1S/C22H23ClN4O3S/c1-29-19-7-3-2-6-18(19)21-25-26-22(27(21)16-10-8-15(23)9-11-16)31-14-20(28)24-13-17-5-4-12-30-17/h2-3,6-11,17H,4-5,12-14H2,1H3,(H,24,28)/t17-/m1/s1. The molecule has 0 saturated carbocycles. The maximum absolute atomic E-state index is 12.4. The number of methoxy groups -OCH3 is 1. The molecule has 1 N–H and O–H groups in total. The summed E-state index contributed by atoms with van der Waals surface area (Å²) in [6.07, 6.45) is 2.15. The lowest BCUT2D eigenvalue weighted by Crippen LogP contribution is -2.32. The maximum Gasteiger partial charge on any atom is 0.230 e. The van der Waals surface area contributed by atoms with Gasteiger partial charge in [-0.1, -0.05) is 35.5 Å². The topological polar surface area (TPSA) is 78.3 Å². The SMILES string of the molecule is COc1ccccc1-c1nnc(SCC(=O)NC[C@H]2CCCO2)n1-c1ccc(Cl)cc1. The Labute approximate surface area is 190 Å². The van der Waals surface area contributed by atoms with Gasteiger partial charge < -0.3 is 14.8 Å². The van der Waals surface area contributed by atoms with Gasteiger partial charge in [-0.25, -0.2) is 0 Å². The summed E-state index contributed by atoms with van der Waals surface area (Å²) in [4.78, 5) is 12.4. The molecule has 0 bridgehead atoms. The van der Waals surface area contributed by atoms with Crippen LogP contribution in [-0.2, 0) is 9.53 Å². The minimum Gasteiger partial charge on any atom is -0.496 e. The molecule has 2 aromatic carbocycles. The fourth-order valence-electron chi connectivity index (χ4n) is 3.40. The Balaban J connectivity index is 1.58. The Hall–Kier alpha value is -2.55. The lowest BCUT2D eigenvalue weighted by Gasteiger charge is -2.13. The summed E-state index contributed by atoms with van der Waals surface area (Å²) >= 11 is 7.41. The number of hydrogen-bond donors (Lipinski definition) is 1. The zero-order chi connectivity index (χ0) is 21.6. The number of rotatable bonds is 8. The molecule has 1 atom stereocenters. The van der Waals surface area contributed by atoms with Gasteiger partial charge in [0.1, 0.15) is 5.75 Å². The number of nitrogens with one attached hydrogen (secondary N) is 1. The second kappa shape index (κ2) is 10.2. The number of thioether (sulfide) groups is 1. The van der Waals surface area contributed by atoms with Gasteiger partial charge in [0, 0.05) is 23.9 Å². The van der Waals surface area contributed by atoms with E-state index in [1.54, 1.807) is 7.11 Å². The Morgan fingerprint density at radius 2 is 2.06 bits per heavy atom. The van der Waals surface area contributed by atoms with Crippen LogP contribution in [0.15, 0.2) is 53.7 Å². The molecular weight excluding hydrogens is 436 g/mol. The van der Waals surface area contributed by atoms with Gasteiger partial charge >= 0.3 is 0 Å². The summed E-state index contributed by atoms with van der Waals surface area (Å²) in [5, 5.41) is 13.0. The lowest BCUT2D eigenvalue weighted by atomic mass is 10.2. The van der Waals surface area contributed by atoms with Crippen molar-refractivity contribution in [1.29, 1.82) is 0 Å². The van der Waals surface area contributed by atoms with Crippen LogP contribution >= 0.6 is 23.4 Å². The Bertz CT molecular complexity index is 1040. The van der Waals surface area contributed by atoms with Crippen molar-refractivity contribution in [3.8, 4) is 22.8 Å². The van der Waals surface area contributed by atoms with E-state index in [2.05, 4.69) is 15.5 Å². The van der Waals surface area contributed by atoms with Crippen LogP contribution in [0.5, 0.6) is 5.75 Å². The zero-order valence-corrected chi connectivity index (χ0v) is 18.7. The molecule has 1 aliphatic rings. The van der Waals surface area contributed by atoms with E-state index in [1.165, 1.54) is 11.8 Å². The van der Waals surface area contributed by atoms with E-state index in [1.807, 2.05) is 53.1 Å². The van der Waals surface area contributed by atoms with Crippen LogP contribution in [0.1, 0.15) is 12.8 Å². The number of para-hydroxylation sites is 1. The van der Waals surface area contributed by atoms with E-state index in [4.69, 9.17) is 21.1 Å². The van der Waals surface area contributed by atoms with Crippen LogP contribution in [0.3, 0.4) is 0 Å². The van der Waals surface area contributed by atoms with Crippen LogP contribution < -0.4 is 10.1 Å². The number of amides is 1. The molecule has 162 valence electrons. The number of benzene rings is 2. The highest BCUT2D eigenvalue weighted by Gasteiger charge is 2.20. The van der Waals surface area contributed by atoms with Gasteiger partial charge in [-0.2, -0.15) is 0 Å². The Morgan fingerprint density at radius 3 is 2.81 bits per heavy atom. The molecule has 1 amide bonds. The minimum atomic E-state index is -0.0648. The van der Waals surface area contributed by atoms with E-state index in [9.17, 15) is 4.79 Å². The average Bonchev–Trinajstić information content (AvgIpc) is 3.47. The van der Waals surface area contributed by atoms with Crippen molar-refractivity contribution in [3.63, 3.8) is 0 Å². The van der Waals surface area contributed by atoms with E-state index in [0.717, 1.165) is 30.7 Å². The number of ether oxygens (including phenoxy) is 2. The van der Waals surface area contributed by atoms with Gasteiger partial charge in [-0.15, -0.1) is 10.2 Å². The van der Waals surface area contributed by atoms with E-state index in [0.29, 0.717) is 28.3 Å². The number of hydrogen-bond acceptors (Lipinski definition) is 6. The van der Waals surface area contributed by atoms with Crippen LogP contribution in [0.4, 0.5) is 0 Å². The van der Waals surface area contributed by atoms with Crippen LogP contribution in [0.25, 0.3) is 17.1 Å². The Kier molecular flexibility index (Phi) is 7.11. The molecule has 4 rings (SSSR count). The highest BCUT2D eigenvalue weighted by atomic mass is 35.5. The van der Waals surface area contributed by atoms with Gasteiger partial charge in [0.15, 0.2) is 11.0 Å². The van der Waals surface area contributed by atoms with Crippen LogP contribution in [0, 0.1) is 0 Å². The molecule has 0 radical (unpaired) electrons. The van der Waals surface area contributed by atoms with E-state index in [-0.39, 0.29) is 17.8 Å². The summed E-state index contributed by atoms with van der Waals surface area (Å²) in [7, 11) is 1.62. The quantitative estimate of drug-likeness (QED) is 0.514. The van der Waals surface area contributed by atoms with Gasteiger partial charge in [0.25, 0.3) is 0 Å². The van der Waals surface area contributed by atoms with Crippen LogP contribution in [0.2, 0.25) is 5.02 Å². The van der Waals surface area contributed by atoms with Crippen molar-refractivity contribution in [2.75, 3.05) is 26.0 Å². The van der Waals surface area contributed by atoms with Gasteiger partial charge in [-0.3, -0.25) is 9.36 Å². The molecule has 0 unspecified atom stereocenters. The summed E-state index contributed by atoms with van der Waals surface area (Å²) in [5.74, 6) is 1.48. The lowest BCUT2D eigenvalue weighted by molar-refractivity contribution is -0.119. The van der Waals surface area contributed by atoms with Crippen molar-refractivity contribution < 1.29 is 14.3 Å². The monoisotopic (exact) mass is 458 g/mol. The predicted molar refractivity (Wildman–Crippen MR) is 121 cm³/mol. The maximum atomic E-state index is 12.4. The second-order valence-corrected chi connectivity index (χ2v) is 8.43. The van der Waals surface area contributed by atoms with Crippen LogP contribution in [-0.4, -0.2) is 52.8 Å². The first-order valence-electron chi connectivity index (χ1n) is 10.0. The third-order valence-electron chi connectivity index (χ3n) is 4.95. The molecular formula is C22H23ClN4O3S. The third-order valence-corrected chi connectivity index (χ3v) is 6.13. The first-order chi connectivity index (χ1) is 15.2. The molecule has 1 fully saturated rings. The van der Waals surface area contributed by atoms with E-state index < -0.39 is 0 Å². The summed E-state index contributed by atoms with van der Waals surface area (Å²) < 4.78 is 13.0. The number of halogens is 1. The fraction of sp³-hybridized carbons (Fsp3) is 0.318. The minimum absolute atomic E-state index is 0.0648. The van der Waals surface area contributed by atoms with Crippen molar-refractivity contribution in [2.45, 2.75) is 24.1 Å². The van der Waals surface area contributed by atoms with Crippen molar-refractivity contribution in [2.24, 2.45) is 0 Å². The van der Waals surface area contributed by atoms with Gasteiger partial charge in [0.05, 0.1) is 24.5 Å². The number of carbonyl (C=O) groups is 1. The zero-order valence-electron chi connectivity index (χ0n) is 17.1. The predicted octanol–water partition coefficient (Wildman–Crippen LogP) is 3.98. The third kappa shape index (κ3) is 5.20. The van der Waals surface area contributed by atoms with E-state index >= 15 is 0 Å². The van der Waals surface area contributed by atoms with Gasteiger partial charge in [-0.05, 0) is 49.2 Å². The first kappa shape index (κ1) is 21.7. The number of nitrogens with zero attached hydrogens (tertiary/aromatic N) is 3. The molecule has 2 heterocycles. The summed E-state index contributed by atoms with van der Waals surface area (Å²) in [5.41, 5.74) is 1.65. The highest BCUT2D eigenvalue weighted by Crippen LogP contribution is 2.33. The second-order valence-electron chi connectivity index (χ2n) is 7.05. The molecule has 7 nitrogen and oxygen atoms in total. The molecule has 1 aliphatic heterocycles. The normalized spacial score (nSPS) is 15.7. The molecule has 1 aromatic heterocycles. The first-order valence-corrected chi connectivity index (χ1v) is 11.4. The number of carbonyl (C=O) groups excluding carboxylic acids is 1. The molecule has 0 aliphatic carbocycles. The molecule has 9 heteroatoms. The highest BCUT2D eigenvalue weighted by molar-refractivity contribution is 7.99. The Morgan fingerprint density at radius 1 is 1.26 bits per heavy atom. The average molecular weight is 459 g/mol. The number of aromatic nitrogens is 3.